The highest BCUT2D eigenvalue weighted by atomic mass is 35.5. The Morgan fingerprint density at radius 2 is 1.97 bits per heavy atom. The van der Waals surface area contributed by atoms with E-state index in [1.54, 1.807) is 17.9 Å². The zero-order chi connectivity index (χ0) is 25.0. The molecule has 6 rings (SSSR count). The summed E-state index contributed by atoms with van der Waals surface area (Å²) in [5.41, 5.74) is 1.89. The lowest BCUT2D eigenvalue weighted by Gasteiger charge is -2.23. The van der Waals surface area contributed by atoms with Crippen LogP contribution in [0.5, 0.6) is 0 Å². The molecule has 2 aliphatic carbocycles. The number of aliphatic hydroxyl groups is 2. The van der Waals surface area contributed by atoms with E-state index >= 15 is 0 Å². The fourth-order valence-electron chi connectivity index (χ4n) is 5.59. The maximum Gasteiger partial charge on any atom is 0.229 e. The van der Waals surface area contributed by atoms with Gasteiger partial charge in [0.05, 0.1) is 23.9 Å². The van der Waals surface area contributed by atoms with Crippen LogP contribution in [0.1, 0.15) is 18.0 Å². The van der Waals surface area contributed by atoms with Gasteiger partial charge < -0.3 is 25.4 Å². The number of rotatable bonds is 6. The first-order valence-electron chi connectivity index (χ1n) is 11.8. The maximum atomic E-state index is 12.6. The lowest BCUT2D eigenvalue weighted by atomic mass is 9.98. The van der Waals surface area contributed by atoms with E-state index in [1.165, 1.54) is 0 Å². The second-order valence-corrected chi connectivity index (χ2v) is 9.86. The average molecular weight is 505 g/mol. The second-order valence-electron chi connectivity index (χ2n) is 9.43. The quantitative estimate of drug-likeness (QED) is 0.318. The van der Waals surface area contributed by atoms with Gasteiger partial charge in [-0.25, -0.2) is 15.0 Å². The molecule has 0 aliphatic heterocycles. The summed E-state index contributed by atoms with van der Waals surface area (Å²) in [5.74, 6) is 0.561. The number of carbonyl (C=O) groups excluding carboxylic acids is 1. The van der Waals surface area contributed by atoms with E-state index in [-0.39, 0.29) is 11.8 Å². The van der Waals surface area contributed by atoms with Gasteiger partial charge in [-0.1, -0.05) is 54.1 Å². The molecular weight excluding hydrogens is 480 g/mol. The SMILES string of the molecule is CNC(=O)[C@]12CC1[C@@H](n1cnc3c(NCc4cccc(Cl)c4)nc(-c4ccccc4)nc31)[C@H](O)[C@@H]2O. The predicted octanol–water partition coefficient (Wildman–Crippen LogP) is 2.79. The monoisotopic (exact) mass is 504 g/mol. The number of nitrogens with zero attached hydrogens (tertiary/aromatic N) is 4. The normalized spacial score (nSPS) is 26.6. The van der Waals surface area contributed by atoms with Crippen LogP contribution in [0.15, 0.2) is 60.9 Å². The third-order valence-electron chi connectivity index (χ3n) is 7.45. The van der Waals surface area contributed by atoms with E-state index in [2.05, 4.69) is 15.6 Å². The fourth-order valence-corrected chi connectivity index (χ4v) is 5.81. The fraction of sp³-hybridized carbons (Fsp3) is 0.308. The van der Waals surface area contributed by atoms with Gasteiger partial charge in [0.25, 0.3) is 0 Å². The predicted molar refractivity (Wildman–Crippen MR) is 135 cm³/mol. The Morgan fingerprint density at radius 1 is 1.17 bits per heavy atom. The van der Waals surface area contributed by atoms with Gasteiger partial charge in [-0.3, -0.25) is 4.79 Å². The van der Waals surface area contributed by atoms with Crippen LogP contribution in [-0.4, -0.2) is 54.9 Å². The molecule has 2 aliphatic rings. The standard InChI is InChI=1S/C26H25ClN6O3/c1-28-25(36)26-11-17(26)19(20(34)21(26)35)33-13-30-18-23(29-12-14-6-5-9-16(27)10-14)31-22(32-24(18)33)15-7-3-2-4-8-15/h2-10,13,17,19-21,34-35H,11-12H2,1H3,(H,28,36)(H,29,31,32)/t17?,19-,20+,21+,26-/m1/s1. The molecule has 2 aromatic heterocycles. The topological polar surface area (TPSA) is 125 Å². The van der Waals surface area contributed by atoms with Crippen LogP contribution in [0.4, 0.5) is 5.82 Å². The van der Waals surface area contributed by atoms with E-state index in [0.717, 1.165) is 11.1 Å². The van der Waals surface area contributed by atoms with Crippen LogP contribution in [0, 0.1) is 11.3 Å². The van der Waals surface area contributed by atoms with Gasteiger partial charge >= 0.3 is 0 Å². The van der Waals surface area contributed by atoms with Crippen molar-refractivity contribution < 1.29 is 15.0 Å². The van der Waals surface area contributed by atoms with Crippen molar-refractivity contribution in [2.75, 3.05) is 12.4 Å². The molecule has 2 heterocycles. The van der Waals surface area contributed by atoms with Crippen LogP contribution in [0.2, 0.25) is 5.02 Å². The summed E-state index contributed by atoms with van der Waals surface area (Å²) in [7, 11) is 1.54. The summed E-state index contributed by atoms with van der Waals surface area (Å²) in [4.78, 5) is 26.8. The number of amides is 1. The number of benzene rings is 2. The summed E-state index contributed by atoms with van der Waals surface area (Å²) in [5, 5.41) is 28.4. The lowest BCUT2D eigenvalue weighted by Crippen LogP contribution is -2.41. The molecule has 0 radical (unpaired) electrons. The first kappa shape index (κ1) is 22.9. The molecule has 2 saturated carbocycles. The molecular formula is C26H25ClN6O3. The molecule has 1 amide bonds. The van der Waals surface area contributed by atoms with E-state index in [9.17, 15) is 15.0 Å². The highest BCUT2D eigenvalue weighted by Gasteiger charge is 2.75. The minimum absolute atomic E-state index is 0.224. The Hall–Kier alpha value is -3.53. The van der Waals surface area contributed by atoms with Gasteiger partial charge in [0.1, 0.15) is 11.6 Å². The Labute approximate surface area is 212 Å². The molecule has 5 atom stereocenters. The Balaban J connectivity index is 1.43. The smallest absolute Gasteiger partial charge is 0.229 e. The summed E-state index contributed by atoms with van der Waals surface area (Å²) in [6.45, 7) is 0.473. The molecule has 0 spiro atoms. The van der Waals surface area contributed by atoms with Gasteiger partial charge in [-0.15, -0.1) is 0 Å². The molecule has 0 saturated heterocycles. The number of imidazole rings is 1. The number of hydrogen-bond acceptors (Lipinski definition) is 7. The van der Waals surface area contributed by atoms with Gasteiger partial charge in [0.15, 0.2) is 17.3 Å². The average Bonchev–Trinajstić information content (AvgIpc) is 3.43. The Bertz CT molecular complexity index is 1460. The van der Waals surface area contributed by atoms with E-state index in [0.29, 0.717) is 40.8 Å². The van der Waals surface area contributed by atoms with E-state index in [1.807, 2.05) is 54.6 Å². The summed E-state index contributed by atoms with van der Waals surface area (Å²) >= 11 is 6.15. The molecule has 4 aromatic rings. The molecule has 0 bridgehead atoms. The molecule has 2 fully saturated rings. The van der Waals surface area contributed by atoms with Crippen molar-refractivity contribution in [3.05, 3.63) is 71.5 Å². The molecule has 1 unspecified atom stereocenters. The second kappa shape index (κ2) is 8.55. The first-order valence-corrected chi connectivity index (χ1v) is 12.2. The number of fused-ring (bicyclic) bond motifs is 2. The number of hydrogen-bond donors (Lipinski definition) is 4. The Kier molecular flexibility index (Phi) is 5.44. The van der Waals surface area contributed by atoms with Crippen molar-refractivity contribution in [2.24, 2.45) is 11.3 Å². The number of carbonyl (C=O) groups is 1. The Morgan fingerprint density at radius 3 is 2.72 bits per heavy atom. The van der Waals surface area contributed by atoms with Crippen molar-refractivity contribution in [3.63, 3.8) is 0 Å². The highest BCUT2D eigenvalue weighted by Crippen LogP contribution is 2.67. The van der Waals surface area contributed by atoms with Crippen LogP contribution >= 0.6 is 11.6 Å². The van der Waals surface area contributed by atoms with Crippen LogP contribution in [0.3, 0.4) is 0 Å². The van der Waals surface area contributed by atoms with Crippen LogP contribution in [-0.2, 0) is 11.3 Å². The van der Waals surface area contributed by atoms with Crippen molar-refractivity contribution in [1.29, 1.82) is 0 Å². The van der Waals surface area contributed by atoms with Crippen molar-refractivity contribution in [1.82, 2.24) is 24.8 Å². The number of nitrogens with one attached hydrogen (secondary N) is 2. The number of aliphatic hydroxyl groups excluding tert-OH is 2. The van der Waals surface area contributed by atoms with Crippen molar-refractivity contribution in [2.45, 2.75) is 31.2 Å². The van der Waals surface area contributed by atoms with Crippen LogP contribution in [0.25, 0.3) is 22.6 Å². The van der Waals surface area contributed by atoms with Gasteiger partial charge in [-0.2, -0.15) is 0 Å². The minimum atomic E-state index is -1.17. The van der Waals surface area contributed by atoms with Gasteiger partial charge in [0.2, 0.25) is 5.91 Å². The molecule has 4 N–H and O–H groups in total. The summed E-state index contributed by atoms with van der Waals surface area (Å²) < 4.78 is 1.78. The minimum Gasteiger partial charge on any atom is -0.389 e. The number of anilines is 1. The number of halogens is 1. The molecule has 2 aromatic carbocycles. The first-order chi connectivity index (χ1) is 17.4. The molecule has 10 heteroatoms. The van der Waals surface area contributed by atoms with Gasteiger partial charge in [-0.05, 0) is 24.1 Å². The summed E-state index contributed by atoms with van der Waals surface area (Å²) in [6, 6.07) is 16.6. The van der Waals surface area contributed by atoms with E-state index in [4.69, 9.17) is 21.6 Å². The van der Waals surface area contributed by atoms with Crippen molar-refractivity contribution in [3.8, 4) is 11.4 Å². The maximum absolute atomic E-state index is 12.6. The molecule has 9 nitrogen and oxygen atoms in total. The molecule has 36 heavy (non-hydrogen) atoms. The third kappa shape index (κ3) is 3.46. The van der Waals surface area contributed by atoms with Crippen molar-refractivity contribution >= 4 is 34.5 Å². The largest absolute Gasteiger partial charge is 0.389 e. The summed E-state index contributed by atoms with van der Waals surface area (Å²) in [6.07, 6.45) is -0.194. The van der Waals surface area contributed by atoms with Crippen LogP contribution < -0.4 is 10.6 Å². The highest BCUT2D eigenvalue weighted by molar-refractivity contribution is 6.30. The lowest BCUT2D eigenvalue weighted by molar-refractivity contribution is -0.132. The molecule has 184 valence electrons. The van der Waals surface area contributed by atoms with Gasteiger partial charge in [0, 0.05) is 30.1 Å². The third-order valence-corrected chi connectivity index (χ3v) is 7.68. The van der Waals surface area contributed by atoms with E-state index < -0.39 is 23.7 Å². The zero-order valence-corrected chi connectivity index (χ0v) is 20.2. The zero-order valence-electron chi connectivity index (χ0n) is 19.5. The number of aromatic nitrogens is 4.